The number of imidazole rings is 1. The first-order valence-corrected chi connectivity index (χ1v) is 9.89. The molecule has 2 aromatic heterocycles. The predicted octanol–water partition coefficient (Wildman–Crippen LogP) is 4.52. The lowest BCUT2D eigenvalue weighted by atomic mass is 10.1. The second-order valence-corrected chi connectivity index (χ2v) is 7.19. The number of aryl methyl sites for hydroxylation is 1. The summed E-state index contributed by atoms with van der Waals surface area (Å²) in [6.45, 7) is 2.32. The van der Waals surface area contributed by atoms with Crippen molar-refractivity contribution in [1.29, 1.82) is 0 Å². The van der Waals surface area contributed by atoms with Gasteiger partial charge in [0.05, 0.1) is 17.6 Å². The molecule has 5 rings (SSSR count). The van der Waals surface area contributed by atoms with Crippen LogP contribution in [-0.4, -0.2) is 26.1 Å². The molecule has 0 aliphatic rings. The van der Waals surface area contributed by atoms with Gasteiger partial charge in [-0.2, -0.15) is 0 Å². The van der Waals surface area contributed by atoms with E-state index in [4.69, 9.17) is 4.42 Å². The number of nitrogens with one attached hydrogen (secondary N) is 2. The fourth-order valence-corrected chi connectivity index (χ4v) is 3.38. The average Bonchev–Trinajstić information content (AvgIpc) is 3.45. The molecule has 2 heterocycles. The zero-order valence-electron chi connectivity index (χ0n) is 16.8. The van der Waals surface area contributed by atoms with Gasteiger partial charge in [-0.15, -0.1) is 10.2 Å². The summed E-state index contributed by atoms with van der Waals surface area (Å²) in [5.74, 6) is 1.41. The Kier molecular flexibility index (Phi) is 4.76. The van der Waals surface area contributed by atoms with Gasteiger partial charge in [0.25, 0.3) is 5.91 Å². The molecule has 0 aliphatic heterocycles. The quantitative estimate of drug-likeness (QED) is 0.445. The van der Waals surface area contributed by atoms with Crippen molar-refractivity contribution in [3.8, 4) is 22.9 Å². The molecule has 0 spiro atoms. The first-order valence-electron chi connectivity index (χ1n) is 9.89. The van der Waals surface area contributed by atoms with Crippen molar-refractivity contribution >= 4 is 16.9 Å². The van der Waals surface area contributed by atoms with E-state index in [0.717, 1.165) is 27.7 Å². The molecule has 0 radical (unpaired) electrons. The second-order valence-electron chi connectivity index (χ2n) is 7.19. The van der Waals surface area contributed by atoms with Crippen LogP contribution in [-0.2, 0) is 6.54 Å². The van der Waals surface area contributed by atoms with E-state index in [0.29, 0.717) is 29.7 Å². The molecule has 0 bridgehead atoms. The normalized spacial score (nSPS) is 11.0. The molecular weight excluding hydrogens is 390 g/mol. The summed E-state index contributed by atoms with van der Waals surface area (Å²) in [5, 5.41) is 11.2. The van der Waals surface area contributed by atoms with Crippen molar-refractivity contribution in [1.82, 2.24) is 25.5 Å². The van der Waals surface area contributed by atoms with Gasteiger partial charge in [0.1, 0.15) is 5.82 Å². The van der Waals surface area contributed by atoms with E-state index in [1.807, 2.05) is 55.5 Å². The highest BCUT2D eigenvalue weighted by Crippen LogP contribution is 2.26. The van der Waals surface area contributed by atoms with Crippen LogP contribution in [0.2, 0.25) is 0 Å². The molecule has 152 valence electrons. The predicted molar refractivity (Wildman–Crippen MR) is 117 cm³/mol. The number of amides is 1. The number of H-pyrrole nitrogens is 1. The van der Waals surface area contributed by atoms with Crippen LogP contribution in [0.25, 0.3) is 33.9 Å². The second kappa shape index (κ2) is 7.87. The van der Waals surface area contributed by atoms with Gasteiger partial charge in [-0.05, 0) is 55.0 Å². The number of hydrogen-bond donors (Lipinski definition) is 2. The van der Waals surface area contributed by atoms with Crippen LogP contribution in [0, 0.1) is 6.92 Å². The first-order chi connectivity index (χ1) is 15.2. The molecule has 0 fully saturated rings. The molecule has 1 amide bonds. The van der Waals surface area contributed by atoms with Crippen LogP contribution in [0.3, 0.4) is 0 Å². The lowest BCUT2D eigenvalue weighted by Gasteiger charge is -2.04. The summed E-state index contributed by atoms with van der Waals surface area (Å²) in [5.41, 5.74) is 5.08. The summed E-state index contributed by atoms with van der Waals surface area (Å²) in [7, 11) is 0. The Bertz CT molecular complexity index is 1340. The Hall–Kier alpha value is -4.26. The lowest BCUT2D eigenvalue weighted by Crippen LogP contribution is -2.23. The maximum absolute atomic E-state index is 12.5. The summed E-state index contributed by atoms with van der Waals surface area (Å²) >= 11 is 0. The number of aromatic amines is 1. The van der Waals surface area contributed by atoms with Crippen molar-refractivity contribution in [2.75, 3.05) is 0 Å². The lowest BCUT2D eigenvalue weighted by molar-refractivity contribution is 0.0950. The fraction of sp³-hybridized carbons (Fsp3) is 0.0833. The van der Waals surface area contributed by atoms with E-state index in [1.165, 1.54) is 0 Å². The van der Waals surface area contributed by atoms with Crippen LogP contribution in [0.5, 0.6) is 0 Å². The van der Waals surface area contributed by atoms with Crippen molar-refractivity contribution < 1.29 is 9.21 Å². The van der Waals surface area contributed by atoms with Crippen LogP contribution in [0.1, 0.15) is 21.7 Å². The number of nitrogens with zero attached hydrogens (tertiary/aromatic N) is 3. The fourth-order valence-electron chi connectivity index (χ4n) is 3.38. The molecule has 7 heteroatoms. The highest BCUT2D eigenvalue weighted by Gasteiger charge is 2.13. The Balaban J connectivity index is 1.27. The number of rotatable bonds is 5. The zero-order valence-corrected chi connectivity index (χ0v) is 16.8. The molecule has 0 atom stereocenters. The van der Waals surface area contributed by atoms with Crippen molar-refractivity contribution in [3.63, 3.8) is 0 Å². The van der Waals surface area contributed by atoms with E-state index >= 15 is 0 Å². The van der Waals surface area contributed by atoms with Gasteiger partial charge in [0, 0.05) is 16.7 Å². The molecule has 2 N–H and O–H groups in total. The van der Waals surface area contributed by atoms with Gasteiger partial charge >= 0.3 is 0 Å². The Morgan fingerprint density at radius 3 is 2.48 bits per heavy atom. The third kappa shape index (κ3) is 3.81. The third-order valence-corrected chi connectivity index (χ3v) is 5.05. The molecule has 31 heavy (non-hydrogen) atoms. The minimum Gasteiger partial charge on any atom is -0.416 e. The van der Waals surface area contributed by atoms with E-state index < -0.39 is 0 Å². The minimum absolute atomic E-state index is 0.182. The maximum Gasteiger partial charge on any atom is 0.251 e. The number of aromatic nitrogens is 4. The van der Waals surface area contributed by atoms with Crippen molar-refractivity contribution in [2.24, 2.45) is 0 Å². The molecule has 0 unspecified atom stereocenters. The summed E-state index contributed by atoms with van der Waals surface area (Å²) in [6, 6.07) is 22.7. The molecule has 7 nitrogen and oxygen atoms in total. The standard InChI is InChI=1S/C24H19N5O2/c1-15-6-2-3-7-18(15)24-29-28-23(31-24)17-12-10-16(11-13-17)22(30)25-14-21-26-19-8-4-5-9-20(19)27-21/h2-13H,14H2,1H3,(H,25,30)(H,26,27). The summed E-state index contributed by atoms with van der Waals surface area (Å²) < 4.78 is 5.84. The Morgan fingerprint density at radius 2 is 1.68 bits per heavy atom. The molecular formula is C24H19N5O2. The maximum atomic E-state index is 12.5. The van der Waals surface area contributed by atoms with Gasteiger partial charge in [0.2, 0.25) is 11.8 Å². The Labute approximate surface area is 178 Å². The summed E-state index contributed by atoms with van der Waals surface area (Å²) in [4.78, 5) is 20.2. The van der Waals surface area contributed by atoms with E-state index in [2.05, 4.69) is 25.5 Å². The van der Waals surface area contributed by atoms with Crippen LogP contribution in [0.4, 0.5) is 0 Å². The molecule has 5 aromatic rings. The molecule has 0 aliphatic carbocycles. The number of para-hydroxylation sites is 2. The van der Waals surface area contributed by atoms with Crippen LogP contribution >= 0.6 is 0 Å². The average molecular weight is 409 g/mol. The van der Waals surface area contributed by atoms with Gasteiger partial charge in [-0.1, -0.05) is 30.3 Å². The third-order valence-electron chi connectivity index (χ3n) is 5.05. The largest absolute Gasteiger partial charge is 0.416 e. The topological polar surface area (TPSA) is 96.7 Å². The number of fused-ring (bicyclic) bond motifs is 1. The number of benzene rings is 3. The number of carbonyl (C=O) groups is 1. The SMILES string of the molecule is Cc1ccccc1-c1nnc(-c2ccc(C(=O)NCc3nc4ccccc4[nH]3)cc2)o1. The van der Waals surface area contributed by atoms with E-state index in [1.54, 1.807) is 24.3 Å². The molecule has 0 saturated heterocycles. The van der Waals surface area contributed by atoms with Gasteiger partial charge < -0.3 is 14.7 Å². The van der Waals surface area contributed by atoms with Gasteiger partial charge in [-0.3, -0.25) is 4.79 Å². The Morgan fingerprint density at radius 1 is 0.935 bits per heavy atom. The zero-order chi connectivity index (χ0) is 21.2. The number of hydrogen-bond acceptors (Lipinski definition) is 5. The smallest absolute Gasteiger partial charge is 0.251 e. The van der Waals surface area contributed by atoms with Crippen LogP contribution < -0.4 is 5.32 Å². The van der Waals surface area contributed by atoms with Gasteiger partial charge in [0.15, 0.2) is 0 Å². The molecule has 0 saturated carbocycles. The summed E-state index contributed by atoms with van der Waals surface area (Å²) in [6.07, 6.45) is 0. The van der Waals surface area contributed by atoms with Crippen molar-refractivity contribution in [3.05, 3.63) is 89.7 Å². The highest BCUT2D eigenvalue weighted by atomic mass is 16.4. The number of carbonyl (C=O) groups excluding carboxylic acids is 1. The first kappa shape index (κ1) is 18.7. The van der Waals surface area contributed by atoms with E-state index in [-0.39, 0.29) is 5.91 Å². The minimum atomic E-state index is -0.182. The van der Waals surface area contributed by atoms with E-state index in [9.17, 15) is 4.79 Å². The molecule has 3 aromatic carbocycles. The van der Waals surface area contributed by atoms with Gasteiger partial charge in [-0.25, -0.2) is 4.98 Å². The monoisotopic (exact) mass is 409 g/mol. The van der Waals surface area contributed by atoms with Crippen molar-refractivity contribution in [2.45, 2.75) is 13.5 Å². The van der Waals surface area contributed by atoms with Crippen LogP contribution in [0.15, 0.2) is 77.2 Å². The highest BCUT2D eigenvalue weighted by molar-refractivity contribution is 5.94.